The molecule has 18 heavy (non-hydrogen) atoms. The van der Waals surface area contributed by atoms with Crippen molar-refractivity contribution >= 4 is 5.97 Å². The normalized spacial score (nSPS) is 12.4. The van der Waals surface area contributed by atoms with Crippen LogP contribution in [-0.2, 0) is 9.53 Å². The molecule has 0 rings (SSSR count). The molecule has 0 amide bonds. The van der Waals surface area contributed by atoms with Crippen molar-refractivity contribution in [1.29, 1.82) is 0 Å². The first kappa shape index (κ1) is 17.4. The van der Waals surface area contributed by atoms with E-state index >= 15 is 0 Å². The molecule has 0 fully saturated rings. The van der Waals surface area contributed by atoms with Gasteiger partial charge in [0.25, 0.3) is 0 Å². The molecular formula is C15H30O3. The van der Waals surface area contributed by atoms with Crippen molar-refractivity contribution in [2.24, 2.45) is 0 Å². The van der Waals surface area contributed by atoms with Gasteiger partial charge in [0.2, 0.25) is 0 Å². The molecule has 0 aromatic carbocycles. The minimum absolute atomic E-state index is 0.132. The molecule has 0 aliphatic carbocycles. The molecular weight excluding hydrogens is 228 g/mol. The topological polar surface area (TPSA) is 46.5 Å². The first-order valence-electron chi connectivity index (χ1n) is 7.45. The molecule has 0 aliphatic rings. The average Bonchev–Trinajstić information content (AvgIpc) is 2.36. The van der Waals surface area contributed by atoms with E-state index in [4.69, 9.17) is 0 Å². The van der Waals surface area contributed by atoms with Crippen molar-refractivity contribution in [3.8, 4) is 0 Å². The number of carbonyl (C=O) groups is 1. The first-order chi connectivity index (χ1) is 8.70. The van der Waals surface area contributed by atoms with Gasteiger partial charge in [-0.25, -0.2) is 0 Å². The standard InChI is InChI=1S/C15H30O3/c1-3-4-5-6-7-8-9-10-11-12-14(16)13-15(17)18-2/h14,16H,3-13H2,1-2H3. The van der Waals surface area contributed by atoms with Crippen LogP contribution in [0.5, 0.6) is 0 Å². The maximum Gasteiger partial charge on any atom is 0.308 e. The Morgan fingerprint density at radius 3 is 2.00 bits per heavy atom. The lowest BCUT2D eigenvalue weighted by Gasteiger charge is -2.08. The fourth-order valence-electron chi connectivity index (χ4n) is 2.07. The highest BCUT2D eigenvalue weighted by Crippen LogP contribution is 2.12. The predicted octanol–water partition coefficient (Wildman–Crippen LogP) is 3.83. The Bertz CT molecular complexity index is 192. The van der Waals surface area contributed by atoms with Crippen molar-refractivity contribution in [3.05, 3.63) is 0 Å². The molecule has 1 N–H and O–H groups in total. The van der Waals surface area contributed by atoms with E-state index in [1.807, 2.05) is 0 Å². The number of unbranched alkanes of at least 4 members (excludes halogenated alkanes) is 8. The Hall–Kier alpha value is -0.570. The zero-order valence-electron chi connectivity index (χ0n) is 12.1. The minimum atomic E-state index is -0.526. The summed E-state index contributed by atoms with van der Waals surface area (Å²) in [5.41, 5.74) is 0. The summed E-state index contributed by atoms with van der Waals surface area (Å²) in [5.74, 6) is -0.321. The molecule has 0 spiro atoms. The van der Waals surface area contributed by atoms with Crippen molar-refractivity contribution in [3.63, 3.8) is 0 Å². The SMILES string of the molecule is CCCCCCCCCCCC(O)CC(=O)OC. The van der Waals surface area contributed by atoms with Crippen LogP contribution in [0.15, 0.2) is 0 Å². The van der Waals surface area contributed by atoms with Crippen molar-refractivity contribution in [1.82, 2.24) is 0 Å². The Balaban J connectivity index is 3.17. The molecule has 0 saturated heterocycles. The summed E-state index contributed by atoms with van der Waals surface area (Å²) >= 11 is 0. The van der Waals surface area contributed by atoms with Gasteiger partial charge in [-0.05, 0) is 6.42 Å². The summed E-state index contributed by atoms with van der Waals surface area (Å²) < 4.78 is 4.51. The Morgan fingerprint density at radius 1 is 1.00 bits per heavy atom. The van der Waals surface area contributed by atoms with Gasteiger partial charge in [0.1, 0.15) is 0 Å². The smallest absolute Gasteiger partial charge is 0.308 e. The molecule has 0 aromatic rings. The van der Waals surface area contributed by atoms with Crippen LogP contribution in [0, 0.1) is 0 Å². The van der Waals surface area contributed by atoms with Crippen LogP contribution in [0.3, 0.4) is 0 Å². The summed E-state index contributed by atoms with van der Waals surface area (Å²) in [5, 5.41) is 9.55. The molecule has 108 valence electrons. The minimum Gasteiger partial charge on any atom is -0.469 e. The maximum atomic E-state index is 10.9. The highest BCUT2D eigenvalue weighted by Gasteiger charge is 2.09. The van der Waals surface area contributed by atoms with Gasteiger partial charge in [0, 0.05) is 0 Å². The zero-order chi connectivity index (χ0) is 13.6. The van der Waals surface area contributed by atoms with E-state index in [0.29, 0.717) is 6.42 Å². The lowest BCUT2D eigenvalue weighted by Crippen LogP contribution is -2.14. The third-order valence-electron chi connectivity index (χ3n) is 3.27. The van der Waals surface area contributed by atoms with Crippen LogP contribution in [0.1, 0.15) is 77.6 Å². The third-order valence-corrected chi connectivity index (χ3v) is 3.27. The summed E-state index contributed by atoms with van der Waals surface area (Å²) in [7, 11) is 1.35. The molecule has 1 unspecified atom stereocenters. The van der Waals surface area contributed by atoms with E-state index < -0.39 is 6.10 Å². The monoisotopic (exact) mass is 258 g/mol. The number of aliphatic hydroxyl groups is 1. The summed E-state index contributed by atoms with van der Waals surface area (Å²) in [6.45, 7) is 2.24. The lowest BCUT2D eigenvalue weighted by molar-refractivity contribution is -0.142. The van der Waals surface area contributed by atoms with Crippen LogP contribution < -0.4 is 0 Å². The molecule has 0 heterocycles. The van der Waals surface area contributed by atoms with Gasteiger partial charge in [0.15, 0.2) is 0 Å². The summed E-state index contributed by atoms with van der Waals surface area (Å²) in [4.78, 5) is 10.9. The van der Waals surface area contributed by atoms with Gasteiger partial charge in [0.05, 0.1) is 19.6 Å². The fourth-order valence-corrected chi connectivity index (χ4v) is 2.07. The van der Waals surface area contributed by atoms with Gasteiger partial charge < -0.3 is 9.84 Å². The number of hydrogen-bond donors (Lipinski definition) is 1. The number of rotatable bonds is 12. The van der Waals surface area contributed by atoms with Crippen LogP contribution in [-0.4, -0.2) is 24.3 Å². The first-order valence-corrected chi connectivity index (χ1v) is 7.45. The largest absolute Gasteiger partial charge is 0.469 e. The second-order valence-electron chi connectivity index (χ2n) is 5.05. The highest BCUT2D eigenvalue weighted by molar-refractivity contribution is 5.69. The van der Waals surface area contributed by atoms with E-state index in [1.54, 1.807) is 0 Å². The van der Waals surface area contributed by atoms with E-state index in [2.05, 4.69) is 11.7 Å². The summed E-state index contributed by atoms with van der Waals surface area (Å²) in [6, 6.07) is 0. The van der Waals surface area contributed by atoms with Crippen molar-refractivity contribution < 1.29 is 14.6 Å². The van der Waals surface area contributed by atoms with Gasteiger partial charge in [-0.15, -0.1) is 0 Å². The molecule has 0 radical (unpaired) electrons. The molecule has 0 aromatic heterocycles. The molecule has 3 nitrogen and oxygen atoms in total. The van der Waals surface area contributed by atoms with Gasteiger partial charge in [-0.3, -0.25) is 4.79 Å². The van der Waals surface area contributed by atoms with Crippen molar-refractivity contribution in [2.45, 2.75) is 83.7 Å². The number of hydrogen-bond acceptors (Lipinski definition) is 3. The van der Waals surface area contributed by atoms with Crippen LogP contribution in [0.4, 0.5) is 0 Å². The van der Waals surface area contributed by atoms with Gasteiger partial charge in [-0.2, -0.15) is 0 Å². The number of esters is 1. The lowest BCUT2D eigenvalue weighted by atomic mass is 10.0. The number of aliphatic hydroxyl groups excluding tert-OH is 1. The van der Waals surface area contributed by atoms with Gasteiger partial charge in [-0.1, -0.05) is 64.7 Å². The van der Waals surface area contributed by atoms with Crippen LogP contribution in [0.2, 0.25) is 0 Å². The fraction of sp³-hybridized carbons (Fsp3) is 0.933. The Morgan fingerprint density at radius 2 is 1.50 bits per heavy atom. The Kier molecular flexibility index (Phi) is 12.5. The van der Waals surface area contributed by atoms with E-state index in [1.165, 1.54) is 52.1 Å². The number of ether oxygens (including phenoxy) is 1. The third kappa shape index (κ3) is 11.9. The molecule has 3 heteroatoms. The molecule has 0 bridgehead atoms. The van der Waals surface area contributed by atoms with Gasteiger partial charge >= 0.3 is 5.97 Å². The predicted molar refractivity (Wildman–Crippen MR) is 74.5 cm³/mol. The Labute approximate surface area is 112 Å². The van der Waals surface area contributed by atoms with Crippen LogP contribution in [0.25, 0.3) is 0 Å². The molecule has 0 aliphatic heterocycles. The number of carbonyl (C=O) groups excluding carboxylic acids is 1. The quantitative estimate of drug-likeness (QED) is 0.427. The van der Waals surface area contributed by atoms with E-state index in [9.17, 15) is 9.90 Å². The molecule has 0 saturated carbocycles. The number of methoxy groups -OCH3 is 1. The molecule has 1 atom stereocenters. The average molecular weight is 258 g/mol. The van der Waals surface area contributed by atoms with Crippen LogP contribution >= 0.6 is 0 Å². The maximum absolute atomic E-state index is 10.9. The van der Waals surface area contributed by atoms with E-state index in [0.717, 1.165) is 12.8 Å². The summed E-state index contributed by atoms with van der Waals surface area (Å²) in [6.07, 6.45) is 11.8. The zero-order valence-corrected chi connectivity index (χ0v) is 12.1. The second kappa shape index (κ2) is 12.9. The van der Waals surface area contributed by atoms with Crippen molar-refractivity contribution in [2.75, 3.05) is 7.11 Å². The highest BCUT2D eigenvalue weighted by atomic mass is 16.5. The van der Waals surface area contributed by atoms with E-state index in [-0.39, 0.29) is 12.4 Å². The second-order valence-corrected chi connectivity index (χ2v) is 5.05.